The van der Waals surface area contributed by atoms with Crippen molar-refractivity contribution >= 4 is 12.2 Å². The van der Waals surface area contributed by atoms with Crippen molar-refractivity contribution in [3.05, 3.63) is 71.8 Å². The van der Waals surface area contributed by atoms with Gasteiger partial charge in [0.15, 0.2) is 0 Å². The number of benzene rings is 2. The van der Waals surface area contributed by atoms with Crippen LogP contribution in [0.2, 0.25) is 0 Å². The summed E-state index contributed by atoms with van der Waals surface area (Å²) in [5, 5.41) is 15.8. The van der Waals surface area contributed by atoms with E-state index in [9.17, 15) is 14.7 Å². The van der Waals surface area contributed by atoms with E-state index < -0.39 is 23.9 Å². The summed E-state index contributed by atoms with van der Waals surface area (Å²) < 4.78 is 10.5. The molecule has 0 fully saturated rings. The second kappa shape index (κ2) is 12.0. The number of carbonyl (C=O) groups excluding carboxylic acids is 2. The maximum Gasteiger partial charge on any atom is 0.407 e. The Balaban J connectivity index is 1.84. The third-order valence-corrected chi connectivity index (χ3v) is 4.30. The number of alkyl carbamates (subject to hydrolysis) is 2. The second-order valence-corrected chi connectivity index (χ2v) is 8.37. The predicted octanol–water partition coefficient (Wildman–Crippen LogP) is 3.80. The SMILES string of the molecule is CC(C)(C)OC(=O)N[C@@H](Cc1ccccc1)C[C@H](O)CNC(=O)OCc1ccccc1. The third-order valence-electron chi connectivity index (χ3n) is 4.30. The number of aliphatic hydroxyl groups excluding tert-OH is 1. The molecule has 2 aromatic carbocycles. The van der Waals surface area contributed by atoms with Crippen molar-refractivity contribution in [2.75, 3.05) is 6.54 Å². The van der Waals surface area contributed by atoms with Gasteiger partial charge < -0.3 is 25.2 Å². The molecule has 7 heteroatoms. The molecular formula is C24H32N2O5. The lowest BCUT2D eigenvalue weighted by Crippen LogP contribution is -2.43. The van der Waals surface area contributed by atoms with Gasteiger partial charge in [0.2, 0.25) is 0 Å². The predicted molar refractivity (Wildman–Crippen MR) is 119 cm³/mol. The van der Waals surface area contributed by atoms with Crippen LogP contribution < -0.4 is 10.6 Å². The van der Waals surface area contributed by atoms with E-state index in [2.05, 4.69) is 10.6 Å². The number of aliphatic hydroxyl groups is 1. The van der Waals surface area contributed by atoms with E-state index in [1.807, 2.05) is 60.7 Å². The van der Waals surface area contributed by atoms with Crippen LogP contribution in [0.25, 0.3) is 0 Å². The first kappa shape index (κ1) is 24.2. The van der Waals surface area contributed by atoms with Crippen LogP contribution in [0.4, 0.5) is 9.59 Å². The van der Waals surface area contributed by atoms with Crippen molar-refractivity contribution in [3.8, 4) is 0 Å². The Morgan fingerprint density at radius 1 is 0.935 bits per heavy atom. The summed E-state index contributed by atoms with van der Waals surface area (Å²) in [6.07, 6.45) is -1.26. The summed E-state index contributed by atoms with van der Waals surface area (Å²) in [7, 11) is 0. The highest BCUT2D eigenvalue weighted by molar-refractivity contribution is 5.68. The maximum absolute atomic E-state index is 12.2. The highest BCUT2D eigenvalue weighted by atomic mass is 16.6. The highest BCUT2D eigenvalue weighted by Crippen LogP contribution is 2.11. The van der Waals surface area contributed by atoms with Gasteiger partial charge in [0.05, 0.1) is 6.10 Å². The van der Waals surface area contributed by atoms with Gasteiger partial charge in [-0.2, -0.15) is 0 Å². The van der Waals surface area contributed by atoms with Crippen molar-refractivity contribution < 1.29 is 24.2 Å². The molecule has 31 heavy (non-hydrogen) atoms. The first-order valence-corrected chi connectivity index (χ1v) is 10.4. The molecule has 0 saturated heterocycles. The molecular weight excluding hydrogens is 396 g/mol. The van der Waals surface area contributed by atoms with Crippen LogP contribution >= 0.6 is 0 Å². The van der Waals surface area contributed by atoms with Crippen LogP contribution in [-0.2, 0) is 22.5 Å². The number of hydrogen-bond donors (Lipinski definition) is 3. The molecule has 0 spiro atoms. The Kier molecular flexibility index (Phi) is 9.34. The third kappa shape index (κ3) is 10.5. The molecule has 0 radical (unpaired) electrons. The molecule has 168 valence electrons. The molecule has 0 aromatic heterocycles. The zero-order chi connectivity index (χ0) is 22.7. The lowest BCUT2D eigenvalue weighted by Gasteiger charge is -2.25. The molecule has 0 aliphatic rings. The van der Waals surface area contributed by atoms with E-state index in [0.717, 1.165) is 11.1 Å². The molecule has 3 N–H and O–H groups in total. The van der Waals surface area contributed by atoms with Gasteiger partial charge in [0.25, 0.3) is 0 Å². The summed E-state index contributed by atoms with van der Waals surface area (Å²) in [5.74, 6) is 0. The van der Waals surface area contributed by atoms with Gasteiger partial charge in [-0.25, -0.2) is 9.59 Å². The summed E-state index contributed by atoms with van der Waals surface area (Å²) in [4.78, 5) is 24.1. The molecule has 7 nitrogen and oxygen atoms in total. The molecule has 0 aliphatic heterocycles. The summed E-state index contributed by atoms with van der Waals surface area (Å²) in [6.45, 7) is 5.53. The lowest BCUT2D eigenvalue weighted by molar-refractivity contribution is 0.0481. The Bertz CT molecular complexity index is 806. The number of amides is 2. The highest BCUT2D eigenvalue weighted by Gasteiger charge is 2.22. The van der Waals surface area contributed by atoms with Gasteiger partial charge in [0.1, 0.15) is 12.2 Å². The number of rotatable bonds is 9. The zero-order valence-corrected chi connectivity index (χ0v) is 18.3. The largest absolute Gasteiger partial charge is 0.445 e. The van der Waals surface area contributed by atoms with E-state index >= 15 is 0 Å². The number of carbonyl (C=O) groups is 2. The van der Waals surface area contributed by atoms with Crippen molar-refractivity contribution in [2.24, 2.45) is 0 Å². The Morgan fingerprint density at radius 3 is 2.10 bits per heavy atom. The zero-order valence-electron chi connectivity index (χ0n) is 18.3. The molecule has 0 bridgehead atoms. The van der Waals surface area contributed by atoms with Crippen molar-refractivity contribution in [3.63, 3.8) is 0 Å². The van der Waals surface area contributed by atoms with E-state index in [0.29, 0.717) is 6.42 Å². The summed E-state index contributed by atoms with van der Waals surface area (Å²) in [5.41, 5.74) is 1.28. The topological polar surface area (TPSA) is 96.9 Å². The molecule has 2 atom stereocenters. The minimum atomic E-state index is -0.868. The minimum Gasteiger partial charge on any atom is -0.445 e. The number of ether oxygens (including phenoxy) is 2. The Labute approximate surface area is 183 Å². The van der Waals surface area contributed by atoms with Crippen molar-refractivity contribution in [1.29, 1.82) is 0 Å². The fourth-order valence-corrected chi connectivity index (χ4v) is 2.95. The average molecular weight is 429 g/mol. The lowest BCUT2D eigenvalue weighted by atomic mass is 10.0. The number of nitrogens with one attached hydrogen (secondary N) is 2. The van der Waals surface area contributed by atoms with E-state index in [-0.39, 0.29) is 25.6 Å². The Hall–Kier alpha value is -3.06. The molecule has 2 rings (SSSR count). The van der Waals surface area contributed by atoms with E-state index in [4.69, 9.17) is 9.47 Å². The summed E-state index contributed by atoms with van der Waals surface area (Å²) >= 11 is 0. The monoisotopic (exact) mass is 428 g/mol. The quantitative estimate of drug-likeness (QED) is 0.564. The smallest absolute Gasteiger partial charge is 0.407 e. The Morgan fingerprint density at radius 2 is 1.52 bits per heavy atom. The molecule has 0 heterocycles. The normalized spacial score (nSPS) is 13.0. The molecule has 0 aliphatic carbocycles. The second-order valence-electron chi connectivity index (χ2n) is 8.37. The minimum absolute atomic E-state index is 0.00884. The van der Waals surface area contributed by atoms with Crippen LogP contribution in [0.5, 0.6) is 0 Å². The van der Waals surface area contributed by atoms with Gasteiger partial charge in [0, 0.05) is 12.6 Å². The van der Waals surface area contributed by atoms with Gasteiger partial charge in [-0.1, -0.05) is 60.7 Å². The van der Waals surface area contributed by atoms with Crippen molar-refractivity contribution in [1.82, 2.24) is 10.6 Å². The first-order chi connectivity index (χ1) is 14.7. The molecule has 2 aromatic rings. The summed E-state index contributed by atoms with van der Waals surface area (Å²) in [6, 6.07) is 18.6. The van der Waals surface area contributed by atoms with Gasteiger partial charge in [-0.05, 0) is 44.7 Å². The van der Waals surface area contributed by atoms with Crippen LogP contribution in [0, 0.1) is 0 Å². The van der Waals surface area contributed by atoms with Gasteiger partial charge in [-0.3, -0.25) is 0 Å². The maximum atomic E-state index is 12.2. The standard InChI is InChI=1S/C24H32N2O5/c1-24(2,3)31-23(29)26-20(14-18-10-6-4-7-11-18)15-21(27)16-25-22(28)30-17-19-12-8-5-9-13-19/h4-13,20-21,27H,14-17H2,1-3H3,(H,25,28)(H,26,29)/t20-,21-/m0/s1. The van der Waals surface area contributed by atoms with Crippen LogP contribution in [-0.4, -0.2) is 41.6 Å². The average Bonchev–Trinajstić information content (AvgIpc) is 2.70. The van der Waals surface area contributed by atoms with Gasteiger partial charge >= 0.3 is 12.2 Å². The molecule has 2 amide bonds. The van der Waals surface area contributed by atoms with E-state index in [1.54, 1.807) is 20.8 Å². The number of hydrogen-bond acceptors (Lipinski definition) is 5. The van der Waals surface area contributed by atoms with Crippen LogP contribution in [0.15, 0.2) is 60.7 Å². The van der Waals surface area contributed by atoms with Crippen molar-refractivity contribution in [2.45, 2.75) is 58.0 Å². The first-order valence-electron chi connectivity index (χ1n) is 10.4. The molecule has 0 unspecified atom stereocenters. The van der Waals surface area contributed by atoms with Crippen LogP contribution in [0.1, 0.15) is 38.3 Å². The molecule has 0 saturated carbocycles. The van der Waals surface area contributed by atoms with Gasteiger partial charge in [-0.15, -0.1) is 0 Å². The van der Waals surface area contributed by atoms with E-state index in [1.165, 1.54) is 0 Å². The fraction of sp³-hybridized carbons (Fsp3) is 0.417. The van der Waals surface area contributed by atoms with Crippen LogP contribution in [0.3, 0.4) is 0 Å². The fourth-order valence-electron chi connectivity index (χ4n) is 2.95.